The van der Waals surface area contributed by atoms with Gasteiger partial charge in [-0.2, -0.15) is 0 Å². The van der Waals surface area contributed by atoms with Gasteiger partial charge in [0.05, 0.1) is 5.00 Å². The number of rotatable bonds is 5. The average molecular weight is 248 g/mol. The Morgan fingerprint density at radius 2 is 2.29 bits per heavy atom. The molecular formula is C12H16N4S. The minimum absolute atomic E-state index is 0.850. The van der Waals surface area contributed by atoms with Crippen molar-refractivity contribution in [3.05, 3.63) is 35.6 Å². The number of hydrogen-bond acceptors (Lipinski definition) is 5. The quantitative estimate of drug-likeness (QED) is 0.879. The molecule has 2 aromatic rings. The van der Waals surface area contributed by atoms with Gasteiger partial charge in [0, 0.05) is 26.2 Å². The molecule has 0 radical (unpaired) electrons. The lowest BCUT2D eigenvalue weighted by Crippen LogP contribution is -2.15. The Labute approximate surface area is 105 Å². The molecule has 5 heteroatoms. The van der Waals surface area contributed by atoms with Crippen LogP contribution in [0.5, 0.6) is 0 Å². The third-order valence-corrected chi connectivity index (χ3v) is 3.41. The second-order valence-corrected chi connectivity index (χ2v) is 4.62. The predicted octanol–water partition coefficient (Wildman–Crippen LogP) is 2.07. The molecule has 1 N–H and O–H groups in total. The average Bonchev–Trinajstić information content (AvgIpc) is 2.89. The smallest absolute Gasteiger partial charge is 0.137 e. The number of anilines is 2. The summed E-state index contributed by atoms with van der Waals surface area (Å²) in [7, 11) is 3.96. The first-order valence-electron chi connectivity index (χ1n) is 5.55. The van der Waals surface area contributed by atoms with Gasteiger partial charge in [0.25, 0.3) is 0 Å². The number of nitrogens with zero attached hydrogens (tertiary/aromatic N) is 3. The minimum Gasteiger partial charge on any atom is -0.321 e. The molecule has 2 heterocycles. The van der Waals surface area contributed by atoms with Crippen molar-refractivity contribution in [2.24, 2.45) is 0 Å². The Balaban J connectivity index is 2.15. The third-order valence-electron chi connectivity index (χ3n) is 2.47. The van der Waals surface area contributed by atoms with Crippen molar-refractivity contribution in [1.82, 2.24) is 15.3 Å². The van der Waals surface area contributed by atoms with Gasteiger partial charge in [-0.1, -0.05) is 0 Å². The normalized spacial score (nSPS) is 10.5. The molecule has 0 bridgehead atoms. The standard InChI is InChI=1S/C12H16N4S/c1-13-7-5-10-14-8-6-11(15-10)16(2)12-4-3-9-17-12/h3-4,6,8-9,13H,5,7H2,1-2H3. The van der Waals surface area contributed by atoms with Crippen molar-refractivity contribution in [2.45, 2.75) is 6.42 Å². The van der Waals surface area contributed by atoms with E-state index in [1.807, 2.05) is 32.4 Å². The summed E-state index contributed by atoms with van der Waals surface area (Å²) < 4.78 is 0. The molecule has 0 spiro atoms. The first-order chi connectivity index (χ1) is 8.31. The zero-order valence-corrected chi connectivity index (χ0v) is 10.9. The van der Waals surface area contributed by atoms with Crippen LogP contribution in [-0.2, 0) is 6.42 Å². The van der Waals surface area contributed by atoms with E-state index < -0.39 is 0 Å². The summed E-state index contributed by atoms with van der Waals surface area (Å²) in [6.45, 7) is 0.895. The summed E-state index contributed by atoms with van der Waals surface area (Å²) >= 11 is 1.70. The monoisotopic (exact) mass is 248 g/mol. The van der Waals surface area contributed by atoms with Gasteiger partial charge in [-0.15, -0.1) is 11.3 Å². The fourth-order valence-corrected chi connectivity index (χ4v) is 2.21. The molecule has 0 aliphatic heterocycles. The molecule has 0 saturated heterocycles. The van der Waals surface area contributed by atoms with E-state index in [9.17, 15) is 0 Å². The van der Waals surface area contributed by atoms with Crippen LogP contribution in [0.25, 0.3) is 0 Å². The Kier molecular flexibility index (Phi) is 4.06. The van der Waals surface area contributed by atoms with Crippen LogP contribution in [-0.4, -0.2) is 30.6 Å². The van der Waals surface area contributed by atoms with Crippen LogP contribution in [0.2, 0.25) is 0 Å². The van der Waals surface area contributed by atoms with Crippen molar-refractivity contribution in [3.8, 4) is 0 Å². The van der Waals surface area contributed by atoms with Gasteiger partial charge in [0.2, 0.25) is 0 Å². The van der Waals surface area contributed by atoms with E-state index in [-0.39, 0.29) is 0 Å². The fraction of sp³-hybridized carbons (Fsp3) is 0.333. The highest BCUT2D eigenvalue weighted by molar-refractivity contribution is 7.14. The molecule has 2 rings (SSSR count). The molecule has 17 heavy (non-hydrogen) atoms. The second kappa shape index (κ2) is 5.75. The fourth-order valence-electron chi connectivity index (χ4n) is 1.51. The van der Waals surface area contributed by atoms with Gasteiger partial charge in [-0.3, -0.25) is 0 Å². The number of hydrogen-bond donors (Lipinski definition) is 1. The Hall–Kier alpha value is -1.46. The van der Waals surface area contributed by atoms with E-state index in [1.165, 1.54) is 5.00 Å². The van der Waals surface area contributed by atoms with E-state index in [4.69, 9.17) is 0 Å². The molecule has 90 valence electrons. The number of nitrogens with one attached hydrogen (secondary N) is 1. The third kappa shape index (κ3) is 3.01. The highest BCUT2D eigenvalue weighted by atomic mass is 32.1. The molecule has 0 aliphatic carbocycles. The van der Waals surface area contributed by atoms with Crippen LogP contribution in [0.1, 0.15) is 5.82 Å². The Morgan fingerprint density at radius 1 is 1.41 bits per heavy atom. The van der Waals surface area contributed by atoms with E-state index in [1.54, 1.807) is 11.3 Å². The van der Waals surface area contributed by atoms with Gasteiger partial charge in [0.15, 0.2) is 0 Å². The lowest BCUT2D eigenvalue weighted by atomic mass is 10.4. The Morgan fingerprint density at radius 3 is 3.00 bits per heavy atom. The minimum atomic E-state index is 0.850. The van der Waals surface area contributed by atoms with Crippen molar-refractivity contribution in [3.63, 3.8) is 0 Å². The van der Waals surface area contributed by atoms with E-state index >= 15 is 0 Å². The van der Waals surface area contributed by atoms with Gasteiger partial charge >= 0.3 is 0 Å². The van der Waals surface area contributed by atoms with Gasteiger partial charge < -0.3 is 10.2 Å². The van der Waals surface area contributed by atoms with Crippen molar-refractivity contribution in [2.75, 3.05) is 25.5 Å². The lowest BCUT2D eigenvalue weighted by Gasteiger charge is -2.16. The molecule has 0 aromatic carbocycles. The molecule has 0 aliphatic rings. The molecule has 0 saturated carbocycles. The molecule has 0 amide bonds. The van der Waals surface area contributed by atoms with Gasteiger partial charge in [-0.25, -0.2) is 9.97 Å². The first kappa shape index (κ1) is 12.0. The highest BCUT2D eigenvalue weighted by Gasteiger charge is 2.07. The first-order valence-corrected chi connectivity index (χ1v) is 6.43. The zero-order chi connectivity index (χ0) is 12.1. The van der Waals surface area contributed by atoms with Crippen LogP contribution >= 0.6 is 11.3 Å². The molecule has 0 atom stereocenters. The summed E-state index contributed by atoms with van der Waals surface area (Å²) in [6, 6.07) is 6.06. The summed E-state index contributed by atoms with van der Waals surface area (Å²) in [5.74, 6) is 1.81. The lowest BCUT2D eigenvalue weighted by molar-refractivity contribution is 0.754. The van der Waals surface area contributed by atoms with Crippen molar-refractivity contribution in [1.29, 1.82) is 0 Å². The van der Waals surface area contributed by atoms with Crippen LogP contribution < -0.4 is 10.2 Å². The summed E-state index contributed by atoms with van der Waals surface area (Å²) in [6.07, 6.45) is 2.67. The summed E-state index contributed by atoms with van der Waals surface area (Å²) in [4.78, 5) is 10.9. The van der Waals surface area contributed by atoms with Crippen molar-refractivity contribution < 1.29 is 0 Å². The maximum Gasteiger partial charge on any atom is 0.137 e. The van der Waals surface area contributed by atoms with Crippen LogP contribution in [0.15, 0.2) is 29.8 Å². The van der Waals surface area contributed by atoms with Crippen LogP contribution in [0, 0.1) is 0 Å². The molecular weight excluding hydrogens is 232 g/mol. The number of aromatic nitrogens is 2. The molecule has 0 unspecified atom stereocenters. The molecule has 4 nitrogen and oxygen atoms in total. The predicted molar refractivity (Wildman–Crippen MR) is 72.0 cm³/mol. The number of thiophene rings is 1. The summed E-state index contributed by atoms with van der Waals surface area (Å²) in [5, 5.41) is 6.35. The largest absolute Gasteiger partial charge is 0.321 e. The van der Waals surface area contributed by atoms with Crippen LogP contribution in [0.4, 0.5) is 10.8 Å². The van der Waals surface area contributed by atoms with Gasteiger partial charge in [0.1, 0.15) is 11.6 Å². The van der Waals surface area contributed by atoms with E-state index in [0.29, 0.717) is 0 Å². The van der Waals surface area contributed by atoms with Crippen molar-refractivity contribution >= 4 is 22.2 Å². The van der Waals surface area contributed by atoms with E-state index in [2.05, 4.69) is 31.6 Å². The Bertz CT molecular complexity index is 455. The summed E-state index contributed by atoms with van der Waals surface area (Å²) in [5.41, 5.74) is 0. The van der Waals surface area contributed by atoms with E-state index in [0.717, 1.165) is 24.6 Å². The van der Waals surface area contributed by atoms with Crippen LogP contribution in [0.3, 0.4) is 0 Å². The molecule has 2 aromatic heterocycles. The number of likely N-dealkylation sites (N-methyl/N-ethyl adjacent to an activating group) is 1. The highest BCUT2D eigenvalue weighted by Crippen LogP contribution is 2.25. The SMILES string of the molecule is CNCCc1nccc(N(C)c2cccs2)n1. The van der Waals surface area contributed by atoms with Gasteiger partial charge in [-0.05, 0) is 30.6 Å². The molecule has 0 fully saturated rings. The maximum atomic E-state index is 4.55. The topological polar surface area (TPSA) is 41.1 Å². The zero-order valence-electron chi connectivity index (χ0n) is 10.1. The second-order valence-electron chi connectivity index (χ2n) is 3.69. The maximum absolute atomic E-state index is 4.55.